The van der Waals surface area contributed by atoms with Crippen molar-refractivity contribution in [1.82, 2.24) is 14.9 Å². The van der Waals surface area contributed by atoms with Gasteiger partial charge in [-0.1, -0.05) is 0 Å². The van der Waals surface area contributed by atoms with Crippen LogP contribution in [0.4, 0.5) is 0 Å². The van der Waals surface area contributed by atoms with Crippen molar-refractivity contribution < 1.29 is 9.84 Å². The van der Waals surface area contributed by atoms with Gasteiger partial charge in [0.05, 0.1) is 24.6 Å². The summed E-state index contributed by atoms with van der Waals surface area (Å²) in [6.45, 7) is 1.26. The summed E-state index contributed by atoms with van der Waals surface area (Å²) in [4.78, 5) is 25.5. The van der Waals surface area contributed by atoms with Crippen molar-refractivity contribution in [1.29, 1.82) is 5.26 Å². The first-order valence-electron chi connectivity index (χ1n) is 6.18. The number of hydrogen-bond acceptors (Lipinski definition) is 6. The van der Waals surface area contributed by atoms with Crippen LogP contribution in [0.15, 0.2) is 15.8 Å². The van der Waals surface area contributed by atoms with Crippen molar-refractivity contribution in [2.75, 3.05) is 13.7 Å². The highest BCUT2D eigenvalue weighted by Crippen LogP contribution is 2.32. The number of nitrogens with zero attached hydrogens (tertiary/aromatic N) is 2. The molecule has 108 valence electrons. The van der Waals surface area contributed by atoms with Gasteiger partial charge in [0.2, 0.25) is 0 Å². The molecule has 0 aromatic carbocycles. The topological polar surface area (TPSA) is 120 Å². The Hall–Kier alpha value is -1.95. The molecule has 1 aromatic heterocycles. The molecule has 20 heavy (non-hydrogen) atoms. The predicted molar refractivity (Wildman–Crippen MR) is 69.0 cm³/mol. The second-order valence-electron chi connectivity index (χ2n) is 4.70. The summed E-state index contributed by atoms with van der Waals surface area (Å²) in [7, 11) is 1.65. The third-order valence-electron chi connectivity index (χ3n) is 3.49. The number of aliphatic hydroxyl groups is 1. The monoisotopic (exact) mass is 280 g/mol. The maximum Gasteiger partial charge on any atom is 0.330 e. The van der Waals surface area contributed by atoms with E-state index in [0.29, 0.717) is 5.56 Å². The number of aromatic nitrogens is 2. The van der Waals surface area contributed by atoms with Crippen LogP contribution in [-0.2, 0) is 4.74 Å². The van der Waals surface area contributed by atoms with Crippen LogP contribution >= 0.6 is 0 Å². The molecule has 8 heteroatoms. The third-order valence-corrected chi connectivity index (χ3v) is 3.49. The number of aromatic amines is 1. The molecule has 0 saturated carbocycles. The first-order valence-corrected chi connectivity index (χ1v) is 6.18. The van der Waals surface area contributed by atoms with Crippen LogP contribution in [0.25, 0.3) is 0 Å². The van der Waals surface area contributed by atoms with Crippen molar-refractivity contribution in [3.63, 3.8) is 0 Å². The summed E-state index contributed by atoms with van der Waals surface area (Å²) >= 11 is 0. The molecule has 0 bridgehead atoms. The Kier molecular flexibility index (Phi) is 4.04. The van der Waals surface area contributed by atoms with Crippen LogP contribution in [0.3, 0.4) is 0 Å². The van der Waals surface area contributed by atoms with Crippen molar-refractivity contribution >= 4 is 0 Å². The van der Waals surface area contributed by atoms with Gasteiger partial charge in [0, 0.05) is 11.8 Å². The molecule has 0 amide bonds. The molecule has 2 rings (SSSR count). The van der Waals surface area contributed by atoms with Crippen molar-refractivity contribution in [2.45, 2.75) is 25.3 Å². The maximum absolute atomic E-state index is 11.9. The Morgan fingerprint density at radius 1 is 1.60 bits per heavy atom. The number of nitrogens with one attached hydrogen (secondary N) is 2. The molecular weight excluding hydrogens is 264 g/mol. The molecule has 1 fully saturated rings. The van der Waals surface area contributed by atoms with Gasteiger partial charge < -0.3 is 15.2 Å². The van der Waals surface area contributed by atoms with Crippen LogP contribution in [0, 0.1) is 24.2 Å². The lowest BCUT2D eigenvalue weighted by Gasteiger charge is -2.21. The molecule has 2 heterocycles. The molecule has 1 aromatic rings. The van der Waals surface area contributed by atoms with E-state index in [1.165, 1.54) is 10.8 Å². The van der Waals surface area contributed by atoms with Gasteiger partial charge in [-0.25, -0.2) is 4.79 Å². The average Bonchev–Trinajstić information content (AvgIpc) is 2.80. The fraction of sp³-hybridized carbons (Fsp3) is 0.583. The molecule has 0 radical (unpaired) electrons. The summed E-state index contributed by atoms with van der Waals surface area (Å²) < 4.78 is 6.82. The van der Waals surface area contributed by atoms with Gasteiger partial charge in [-0.3, -0.25) is 14.3 Å². The zero-order valence-corrected chi connectivity index (χ0v) is 11.2. The Labute approximate surface area is 114 Å². The third kappa shape index (κ3) is 2.27. The van der Waals surface area contributed by atoms with Crippen LogP contribution < -0.4 is 16.6 Å². The van der Waals surface area contributed by atoms with E-state index in [-0.39, 0.29) is 6.61 Å². The fourth-order valence-electron chi connectivity index (χ4n) is 2.41. The van der Waals surface area contributed by atoms with E-state index < -0.39 is 35.5 Å². The maximum atomic E-state index is 11.9. The Morgan fingerprint density at radius 2 is 2.30 bits per heavy atom. The average molecular weight is 280 g/mol. The number of aliphatic hydroxyl groups excluding tert-OH is 1. The number of H-pyrrole nitrogens is 1. The molecule has 1 aliphatic rings. The smallest absolute Gasteiger partial charge is 0.330 e. The molecular formula is C12H16N4O4. The molecule has 3 N–H and O–H groups in total. The van der Waals surface area contributed by atoms with Crippen LogP contribution in [0.5, 0.6) is 0 Å². The number of ether oxygens (including phenoxy) is 1. The van der Waals surface area contributed by atoms with Gasteiger partial charge in [-0.15, -0.1) is 0 Å². The molecule has 0 aliphatic carbocycles. The fourth-order valence-corrected chi connectivity index (χ4v) is 2.41. The van der Waals surface area contributed by atoms with Gasteiger partial charge in [-0.2, -0.15) is 5.26 Å². The minimum atomic E-state index is -0.759. The highest BCUT2D eigenvalue weighted by Gasteiger charge is 2.45. The number of nitriles is 1. The SMILES string of the molecule is CN[C@@H]1[C@@H](C#N)[C@@H](CO)O[C@H]1n1cc(C)c(=O)[nH]c1=O. The molecule has 4 atom stereocenters. The molecule has 8 nitrogen and oxygen atoms in total. The second-order valence-corrected chi connectivity index (χ2v) is 4.70. The van der Waals surface area contributed by atoms with E-state index in [0.717, 1.165) is 0 Å². The first-order chi connectivity index (χ1) is 9.53. The van der Waals surface area contributed by atoms with Crippen LogP contribution in [-0.4, -0.2) is 40.5 Å². The summed E-state index contributed by atoms with van der Waals surface area (Å²) in [6.07, 6.45) is -0.0453. The minimum absolute atomic E-state index is 0.315. The number of rotatable bonds is 3. The van der Waals surface area contributed by atoms with E-state index in [4.69, 9.17) is 4.74 Å². The number of likely N-dealkylation sites (N-methyl/N-ethyl adjacent to an activating group) is 1. The largest absolute Gasteiger partial charge is 0.394 e. The zero-order valence-electron chi connectivity index (χ0n) is 11.2. The Morgan fingerprint density at radius 3 is 2.85 bits per heavy atom. The normalized spacial score (nSPS) is 29.3. The van der Waals surface area contributed by atoms with Gasteiger partial charge in [0.25, 0.3) is 5.56 Å². The van der Waals surface area contributed by atoms with Gasteiger partial charge in [0.15, 0.2) is 6.23 Å². The minimum Gasteiger partial charge on any atom is -0.394 e. The summed E-state index contributed by atoms with van der Waals surface area (Å²) in [5.74, 6) is -0.589. The van der Waals surface area contributed by atoms with Crippen LogP contribution in [0.1, 0.15) is 11.8 Å². The van der Waals surface area contributed by atoms with Crippen molar-refractivity contribution in [3.05, 3.63) is 32.6 Å². The molecule has 0 spiro atoms. The standard InChI is InChI=1S/C12H16N4O4/c1-6-4-16(12(19)15-10(6)18)11-9(14-2)7(3-13)8(5-17)20-11/h4,7-9,11,14,17H,5H2,1-2H3,(H,15,18,19)/t7-,8+,9+,11+/m0/s1. The lowest BCUT2D eigenvalue weighted by atomic mass is 9.98. The number of aryl methyl sites for hydroxylation is 1. The Balaban J connectivity index is 2.47. The van der Waals surface area contributed by atoms with Crippen molar-refractivity contribution in [2.24, 2.45) is 5.92 Å². The molecule has 0 unspecified atom stereocenters. The zero-order chi connectivity index (χ0) is 14.9. The second kappa shape index (κ2) is 5.58. The van der Waals surface area contributed by atoms with Gasteiger partial charge >= 0.3 is 5.69 Å². The van der Waals surface area contributed by atoms with Gasteiger partial charge in [-0.05, 0) is 14.0 Å². The molecule has 1 saturated heterocycles. The first kappa shape index (κ1) is 14.5. The van der Waals surface area contributed by atoms with Crippen molar-refractivity contribution in [3.8, 4) is 6.07 Å². The Bertz CT molecular complexity index is 644. The summed E-state index contributed by atoms with van der Waals surface area (Å²) in [6, 6.07) is 1.62. The molecule has 1 aliphatic heterocycles. The van der Waals surface area contributed by atoms with Gasteiger partial charge in [0.1, 0.15) is 6.10 Å². The predicted octanol–water partition coefficient (Wildman–Crippen LogP) is -1.54. The van der Waals surface area contributed by atoms with E-state index >= 15 is 0 Å². The summed E-state index contributed by atoms with van der Waals surface area (Å²) in [5.41, 5.74) is -0.703. The highest BCUT2D eigenvalue weighted by atomic mass is 16.5. The summed E-state index contributed by atoms with van der Waals surface area (Å²) in [5, 5.41) is 21.4. The van der Waals surface area contributed by atoms with E-state index in [1.54, 1.807) is 14.0 Å². The van der Waals surface area contributed by atoms with Crippen LogP contribution in [0.2, 0.25) is 0 Å². The highest BCUT2D eigenvalue weighted by molar-refractivity contribution is 5.07. The quantitative estimate of drug-likeness (QED) is 0.617. The van der Waals surface area contributed by atoms with E-state index in [1.807, 2.05) is 0 Å². The van der Waals surface area contributed by atoms with E-state index in [9.17, 15) is 20.0 Å². The lowest BCUT2D eigenvalue weighted by Crippen LogP contribution is -2.42. The lowest BCUT2D eigenvalue weighted by molar-refractivity contribution is -0.0333. The number of hydrogen-bond donors (Lipinski definition) is 3. The van der Waals surface area contributed by atoms with E-state index in [2.05, 4.69) is 16.4 Å².